The molecule has 0 aliphatic carbocycles. The monoisotopic (exact) mass is 335 g/mol. The summed E-state index contributed by atoms with van der Waals surface area (Å²) in [6.45, 7) is 3.40. The number of hydrogen-bond donors (Lipinski definition) is 2. The minimum atomic E-state index is -0.992. The highest BCUT2D eigenvalue weighted by atomic mass is 16.5. The van der Waals surface area contributed by atoms with Gasteiger partial charge in [-0.25, -0.2) is 4.79 Å². The van der Waals surface area contributed by atoms with E-state index in [0.29, 0.717) is 23.5 Å². The number of carbonyl (C=O) groups excluding carboxylic acids is 3. The number of rotatable bonds is 6. The number of urea groups is 1. The van der Waals surface area contributed by atoms with Gasteiger partial charge in [0.2, 0.25) is 5.91 Å². The van der Waals surface area contributed by atoms with E-state index in [2.05, 4.69) is 10.7 Å². The van der Waals surface area contributed by atoms with Crippen LogP contribution in [0.2, 0.25) is 0 Å². The van der Waals surface area contributed by atoms with Gasteiger partial charge < -0.3 is 14.8 Å². The molecule has 1 aliphatic rings. The maximum absolute atomic E-state index is 12.2. The minimum Gasteiger partial charge on any atom is -0.493 e. The quantitative estimate of drug-likeness (QED) is 0.756. The molecule has 0 aromatic heterocycles. The second-order valence-electron chi connectivity index (χ2n) is 5.66. The van der Waals surface area contributed by atoms with Crippen molar-refractivity contribution in [3.8, 4) is 11.5 Å². The summed E-state index contributed by atoms with van der Waals surface area (Å²) in [5.74, 6) is 0.0903. The first-order valence-electron chi connectivity index (χ1n) is 7.51. The molecule has 1 aliphatic heterocycles. The molecule has 4 amide bonds. The van der Waals surface area contributed by atoms with Crippen LogP contribution in [0.1, 0.15) is 25.8 Å². The van der Waals surface area contributed by atoms with E-state index in [1.807, 2.05) is 0 Å². The Morgan fingerprint density at radius 3 is 2.46 bits per heavy atom. The van der Waals surface area contributed by atoms with E-state index >= 15 is 0 Å². The summed E-state index contributed by atoms with van der Waals surface area (Å²) in [4.78, 5) is 36.3. The highest BCUT2D eigenvalue weighted by Crippen LogP contribution is 2.27. The lowest BCUT2D eigenvalue weighted by Gasteiger charge is -2.19. The Morgan fingerprint density at radius 1 is 1.25 bits per heavy atom. The Labute approximate surface area is 140 Å². The molecule has 0 saturated carbocycles. The van der Waals surface area contributed by atoms with Crippen LogP contribution in [-0.2, 0) is 16.0 Å². The zero-order valence-electron chi connectivity index (χ0n) is 14.1. The number of carbonyl (C=O) groups is 3. The molecular formula is C16H21N3O5. The van der Waals surface area contributed by atoms with Crippen molar-refractivity contribution in [1.29, 1.82) is 0 Å². The lowest BCUT2D eigenvalue weighted by molar-refractivity contribution is -0.138. The van der Waals surface area contributed by atoms with Crippen molar-refractivity contribution in [2.24, 2.45) is 0 Å². The Bertz CT molecular complexity index is 676. The van der Waals surface area contributed by atoms with Crippen molar-refractivity contribution < 1.29 is 23.9 Å². The maximum atomic E-state index is 12.2. The molecule has 1 heterocycles. The Balaban J connectivity index is 2.06. The third-order valence-corrected chi connectivity index (χ3v) is 4.02. The van der Waals surface area contributed by atoms with Gasteiger partial charge in [-0.05, 0) is 31.0 Å². The van der Waals surface area contributed by atoms with Gasteiger partial charge in [-0.15, -0.1) is 0 Å². The van der Waals surface area contributed by atoms with E-state index in [1.54, 1.807) is 32.0 Å². The molecule has 8 heteroatoms. The summed E-state index contributed by atoms with van der Waals surface area (Å²) in [5, 5.41) is 3.30. The van der Waals surface area contributed by atoms with Gasteiger partial charge in [-0.3, -0.25) is 15.0 Å². The van der Waals surface area contributed by atoms with Crippen LogP contribution in [0.15, 0.2) is 18.2 Å². The van der Waals surface area contributed by atoms with Crippen molar-refractivity contribution in [3.05, 3.63) is 23.8 Å². The predicted octanol–water partition coefficient (Wildman–Crippen LogP) is 0.998. The van der Waals surface area contributed by atoms with Crippen LogP contribution in [0, 0.1) is 0 Å². The number of hydrogen-bond acceptors (Lipinski definition) is 5. The number of nitrogens with one attached hydrogen (secondary N) is 2. The molecule has 0 bridgehead atoms. The number of ether oxygens (including phenoxy) is 2. The van der Waals surface area contributed by atoms with E-state index in [4.69, 9.17) is 9.47 Å². The number of nitrogens with zero attached hydrogens (tertiary/aromatic N) is 1. The summed E-state index contributed by atoms with van der Waals surface area (Å²) < 4.78 is 10.3. The Kier molecular flexibility index (Phi) is 4.96. The minimum absolute atomic E-state index is 0.0136. The molecule has 1 fully saturated rings. The van der Waals surface area contributed by atoms with Crippen molar-refractivity contribution >= 4 is 17.8 Å². The average Bonchev–Trinajstić information content (AvgIpc) is 2.78. The first-order chi connectivity index (χ1) is 11.3. The SMILES string of the molecule is CCC1(C)NC(=O)N(NC(=O)Cc2ccc(OC)c(OC)c2)C1=O. The Hall–Kier alpha value is -2.77. The predicted molar refractivity (Wildman–Crippen MR) is 85.5 cm³/mol. The molecule has 130 valence electrons. The van der Waals surface area contributed by atoms with Crippen LogP contribution in [0.3, 0.4) is 0 Å². The van der Waals surface area contributed by atoms with Gasteiger partial charge in [0.05, 0.1) is 20.6 Å². The van der Waals surface area contributed by atoms with Gasteiger partial charge in [0.25, 0.3) is 5.91 Å². The van der Waals surface area contributed by atoms with Gasteiger partial charge in [0.1, 0.15) is 5.54 Å². The molecular weight excluding hydrogens is 314 g/mol. The topological polar surface area (TPSA) is 97.0 Å². The highest BCUT2D eigenvalue weighted by Gasteiger charge is 2.47. The third kappa shape index (κ3) is 3.27. The summed E-state index contributed by atoms with van der Waals surface area (Å²) in [6.07, 6.45) is 0.417. The van der Waals surface area contributed by atoms with Gasteiger partial charge in [0.15, 0.2) is 11.5 Å². The van der Waals surface area contributed by atoms with Gasteiger partial charge in [-0.2, -0.15) is 5.01 Å². The largest absolute Gasteiger partial charge is 0.493 e. The molecule has 0 spiro atoms. The highest BCUT2D eigenvalue weighted by molar-refractivity contribution is 6.07. The number of hydrazine groups is 1. The number of benzene rings is 1. The molecule has 24 heavy (non-hydrogen) atoms. The molecule has 1 atom stereocenters. The first kappa shape index (κ1) is 17.6. The van der Waals surface area contributed by atoms with E-state index in [-0.39, 0.29) is 6.42 Å². The lowest BCUT2D eigenvalue weighted by Crippen LogP contribution is -2.49. The lowest BCUT2D eigenvalue weighted by atomic mass is 10.00. The van der Waals surface area contributed by atoms with Crippen molar-refractivity contribution in [1.82, 2.24) is 15.8 Å². The Morgan fingerprint density at radius 2 is 1.92 bits per heavy atom. The zero-order chi connectivity index (χ0) is 17.9. The van der Waals surface area contributed by atoms with E-state index in [1.165, 1.54) is 14.2 Å². The average molecular weight is 335 g/mol. The van der Waals surface area contributed by atoms with E-state index in [9.17, 15) is 14.4 Å². The van der Waals surface area contributed by atoms with Crippen LogP contribution in [-0.4, -0.2) is 42.6 Å². The molecule has 1 saturated heterocycles. The molecule has 1 aromatic carbocycles. The number of amides is 4. The second-order valence-corrected chi connectivity index (χ2v) is 5.66. The zero-order valence-corrected chi connectivity index (χ0v) is 14.1. The fourth-order valence-corrected chi connectivity index (χ4v) is 2.37. The second kappa shape index (κ2) is 6.77. The van der Waals surface area contributed by atoms with Gasteiger partial charge in [-0.1, -0.05) is 13.0 Å². The fourth-order valence-electron chi connectivity index (χ4n) is 2.37. The normalized spacial score (nSPS) is 19.9. The number of methoxy groups -OCH3 is 2. The van der Waals surface area contributed by atoms with Gasteiger partial charge in [0, 0.05) is 0 Å². The molecule has 1 unspecified atom stereocenters. The summed E-state index contributed by atoms with van der Waals surface area (Å²) in [7, 11) is 3.02. The van der Waals surface area contributed by atoms with Crippen molar-refractivity contribution in [2.45, 2.75) is 32.2 Å². The van der Waals surface area contributed by atoms with Crippen molar-refractivity contribution in [3.63, 3.8) is 0 Å². The summed E-state index contributed by atoms with van der Waals surface area (Å²) in [5.41, 5.74) is 2.01. The van der Waals surface area contributed by atoms with Crippen LogP contribution in [0.5, 0.6) is 11.5 Å². The van der Waals surface area contributed by atoms with E-state index < -0.39 is 23.4 Å². The summed E-state index contributed by atoms with van der Waals surface area (Å²) in [6, 6.07) is 4.43. The first-order valence-corrected chi connectivity index (χ1v) is 7.51. The van der Waals surface area contributed by atoms with E-state index in [0.717, 1.165) is 5.01 Å². The molecule has 0 radical (unpaired) electrons. The van der Waals surface area contributed by atoms with Crippen LogP contribution < -0.4 is 20.2 Å². The maximum Gasteiger partial charge on any atom is 0.344 e. The molecule has 8 nitrogen and oxygen atoms in total. The molecule has 2 rings (SSSR count). The molecule has 2 N–H and O–H groups in total. The standard InChI is InChI=1S/C16H21N3O5/c1-5-16(2)14(21)19(15(22)17-16)18-13(20)9-10-6-7-11(23-3)12(8-10)24-4/h6-8H,5,9H2,1-4H3,(H,17,22)(H,18,20). The third-order valence-electron chi connectivity index (χ3n) is 4.02. The van der Waals surface area contributed by atoms with Crippen molar-refractivity contribution in [2.75, 3.05) is 14.2 Å². The fraction of sp³-hybridized carbons (Fsp3) is 0.438. The smallest absolute Gasteiger partial charge is 0.344 e. The summed E-state index contributed by atoms with van der Waals surface area (Å²) >= 11 is 0. The number of imide groups is 1. The van der Waals surface area contributed by atoms with Crippen LogP contribution >= 0.6 is 0 Å². The molecule has 1 aromatic rings. The van der Waals surface area contributed by atoms with Crippen LogP contribution in [0.25, 0.3) is 0 Å². The van der Waals surface area contributed by atoms with Gasteiger partial charge >= 0.3 is 6.03 Å². The van der Waals surface area contributed by atoms with Crippen LogP contribution in [0.4, 0.5) is 4.79 Å².